The highest BCUT2D eigenvalue weighted by Gasteiger charge is 2.31. The summed E-state index contributed by atoms with van der Waals surface area (Å²) in [6.07, 6.45) is -4.77. The molecule has 6 nitrogen and oxygen atoms in total. The van der Waals surface area contributed by atoms with Crippen molar-refractivity contribution in [3.05, 3.63) is 59.7 Å². The van der Waals surface area contributed by atoms with Crippen LogP contribution in [0.2, 0.25) is 0 Å². The van der Waals surface area contributed by atoms with Crippen LogP contribution in [0.25, 0.3) is 0 Å². The number of piperazine rings is 1. The summed E-state index contributed by atoms with van der Waals surface area (Å²) >= 11 is 0. The van der Waals surface area contributed by atoms with E-state index in [2.05, 4.69) is 27.1 Å². The number of nitrogens with one attached hydrogen (secondary N) is 1. The Hall–Kier alpha value is -2.94. The van der Waals surface area contributed by atoms with Crippen LogP contribution in [-0.2, 0) is 13.1 Å². The van der Waals surface area contributed by atoms with Crippen molar-refractivity contribution in [1.29, 1.82) is 0 Å². The number of methoxy groups -OCH3 is 1. The molecule has 2 aromatic carbocycles. The van der Waals surface area contributed by atoms with Crippen LogP contribution in [0.3, 0.4) is 0 Å². The number of carbonyl (C=O) groups excluding carboxylic acids is 1. The van der Waals surface area contributed by atoms with Crippen LogP contribution in [0.1, 0.15) is 11.1 Å². The molecule has 1 heterocycles. The zero-order valence-corrected chi connectivity index (χ0v) is 16.6. The van der Waals surface area contributed by atoms with E-state index in [1.807, 2.05) is 18.2 Å². The maximum atomic E-state index is 12.5. The predicted octanol–water partition coefficient (Wildman–Crippen LogP) is 3.62. The number of alkyl halides is 3. The molecule has 0 saturated carbocycles. The second-order valence-corrected chi connectivity index (χ2v) is 6.93. The Morgan fingerprint density at radius 1 is 1.07 bits per heavy atom. The molecule has 2 aromatic rings. The topological polar surface area (TPSA) is 54.0 Å². The average molecular weight is 423 g/mol. The Morgan fingerprint density at radius 2 is 1.77 bits per heavy atom. The van der Waals surface area contributed by atoms with Gasteiger partial charge in [-0.2, -0.15) is 0 Å². The normalized spacial score (nSPS) is 15.0. The molecule has 0 atom stereocenters. The van der Waals surface area contributed by atoms with Crippen LogP contribution < -0.4 is 14.8 Å². The third-order valence-electron chi connectivity index (χ3n) is 4.83. The Balaban J connectivity index is 1.49. The maximum absolute atomic E-state index is 12.5. The Bertz CT molecular complexity index is 838. The lowest BCUT2D eigenvalue weighted by atomic mass is 10.2. The van der Waals surface area contributed by atoms with Gasteiger partial charge in [-0.15, -0.1) is 13.2 Å². The lowest BCUT2D eigenvalue weighted by Crippen LogP contribution is -2.51. The summed E-state index contributed by atoms with van der Waals surface area (Å²) in [7, 11) is 1.35. The van der Waals surface area contributed by atoms with Crippen molar-refractivity contribution in [2.24, 2.45) is 0 Å². The highest BCUT2D eigenvalue weighted by Crippen LogP contribution is 2.29. The van der Waals surface area contributed by atoms with Gasteiger partial charge in [-0.1, -0.05) is 30.3 Å². The fourth-order valence-electron chi connectivity index (χ4n) is 3.30. The molecular weight excluding hydrogens is 399 g/mol. The number of hydrogen-bond donors (Lipinski definition) is 1. The zero-order chi connectivity index (χ0) is 21.6. The van der Waals surface area contributed by atoms with E-state index in [1.165, 1.54) is 24.8 Å². The van der Waals surface area contributed by atoms with Crippen molar-refractivity contribution in [2.45, 2.75) is 19.5 Å². The largest absolute Gasteiger partial charge is 0.573 e. The summed E-state index contributed by atoms with van der Waals surface area (Å²) in [5.41, 5.74) is 1.79. The van der Waals surface area contributed by atoms with Crippen molar-refractivity contribution in [3.63, 3.8) is 0 Å². The summed E-state index contributed by atoms with van der Waals surface area (Å²) in [6, 6.07) is 13.7. The van der Waals surface area contributed by atoms with E-state index in [1.54, 1.807) is 4.90 Å². The SMILES string of the molecule is COc1cc(OC(F)(F)F)ccc1CNC(=O)N1CCN(Cc2ccccc2)CC1. The van der Waals surface area contributed by atoms with Crippen molar-refractivity contribution in [2.75, 3.05) is 33.3 Å². The van der Waals surface area contributed by atoms with Gasteiger partial charge in [0.25, 0.3) is 0 Å². The molecule has 3 rings (SSSR count). The lowest BCUT2D eigenvalue weighted by Gasteiger charge is -2.34. The number of urea groups is 1. The fraction of sp³-hybridized carbons (Fsp3) is 0.381. The standard InChI is InChI=1S/C21H24F3N3O3/c1-29-19-13-18(30-21(22,23)24)8-7-17(19)14-25-20(28)27-11-9-26(10-12-27)15-16-5-3-2-4-6-16/h2-8,13H,9-12,14-15H2,1H3,(H,25,28). The predicted molar refractivity (Wildman–Crippen MR) is 105 cm³/mol. The third-order valence-corrected chi connectivity index (χ3v) is 4.83. The van der Waals surface area contributed by atoms with Gasteiger partial charge in [0.2, 0.25) is 0 Å². The fourth-order valence-corrected chi connectivity index (χ4v) is 3.30. The van der Waals surface area contributed by atoms with Crippen molar-refractivity contribution in [1.82, 2.24) is 15.1 Å². The van der Waals surface area contributed by atoms with Crippen molar-refractivity contribution < 1.29 is 27.4 Å². The lowest BCUT2D eigenvalue weighted by molar-refractivity contribution is -0.274. The molecule has 0 bridgehead atoms. The van der Waals surface area contributed by atoms with Gasteiger partial charge in [-0.05, 0) is 17.7 Å². The number of ether oxygens (including phenoxy) is 2. The summed E-state index contributed by atoms with van der Waals surface area (Å²) in [6.45, 7) is 3.74. The molecule has 0 spiro atoms. The number of carbonyl (C=O) groups is 1. The van der Waals surface area contributed by atoms with Gasteiger partial charge in [0.1, 0.15) is 11.5 Å². The summed E-state index contributed by atoms with van der Waals surface area (Å²) in [5, 5.41) is 2.80. The van der Waals surface area contributed by atoms with Crippen LogP contribution in [0.4, 0.5) is 18.0 Å². The highest BCUT2D eigenvalue weighted by atomic mass is 19.4. The molecule has 9 heteroatoms. The smallest absolute Gasteiger partial charge is 0.496 e. The number of benzene rings is 2. The van der Waals surface area contributed by atoms with Crippen LogP contribution in [0.5, 0.6) is 11.5 Å². The van der Waals surface area contributed by atoms with Gasteiger partial charge < -0.3 is 19.7 Å². The molecule has 1 fully saturated rings. The molecule has 1 saturated heterocycles. The molecule has 1 N–H and O–H groups in total. The van der Waals surface area contributed by atoms with Gasteiger partial charge in [-0.25, -0.2) is 4.79 Å². The van der Waals surface area contributed by atoms with E-state index in [-0.39, 0.29) is 24.1 Å². The molecule has 1 aliphatic heterocycles. The first kappa shape index (κ1) is 21.8. The van der Waals surface area contributed by atoms with Crippen LogP contribution in [0.15, 0.2) is 48.5 Å². The maximum Gasteiger partial charge on any atom is 0.573 e. The molecule has 0 unspecified atom stereocenters. The van der Waals surface area contributed by atoms with E-state index in [4.69, 9.17) is 4.74 Å². The summed E-state index contributed by atoms with van der Waals surface area (Å²) in [5.74, 6) is -0.159. The summed E-state index contributed by atoms with van der Waals surface area (Å²) < 4.78 is 46.1. The van der Waals surface area contributed by atoms with Gasteiger partial charge in [-0.3, -0.25) is 4.90 Å². The van der Waals surface area contributed by atoms with Crippen molar-refractivity contribution >= 4 is 6.03 Å². The molecule has 0 aromatic heterocycles. The van der Waals surface area contributed by atoms with Crippen LogP contribution >= 0.6 is 0 Å². The molecule has 2 amide bonds. The first-order chi connectivity index (χ1) is 14.3. The second kappa shape index (κ2) is 9.71. The molecule has 0 radical (unpaired) electrons. The zero-order valence-electron chi connectivity index (χ0n) is 16.6. The Kier molecular flexibility index (Phi) is 7.04. The van der Waals surface area contributed by atoms with Gasteiger partial charge in [0.05, 0.1) is 7.11 Å². The highest BCUT2D eigenvalue weighted by molar-refractivity contribution is 5.74. The number of hydrogen-bond acceptors (Lipinski definition) is 4. The van der Waals surface area contributed by atoms with E-state index in [0.717, 1.165) is 25.7 Å². The quantitative estimate of drug-likeness (QED) is 0.771. The second-order valence-electron chi connectivity index (χ2n) is 6.93. The van der Waals surface area contributed by atoms with Gasteiger partial charge >= 0.3 is 12.4 Å². The molecule has 162 valence electrons. The summed E-state index contributed by atoms with van der Waals surface area (Å²) in [4.78, 5) is 16.5. The van der Waals surface area contributed by atoms with Crippen LogP contribution in [-0.4, -0.2) is 55.5 Å². The number of amides is 2. The number of halogens is 3. The Labute approximate surface area is 173 Å². The van der Waals surface area contributed by atoms with Gasteiger partial charge in [0.15, 0.2) is 0 Å². The third kappa shape index (κ3) is 6.28. The van der Waals surface area contributed by atoms with E-state index < -0.39 is 6.36 Å². The van der Waals surface area contributed by atoms with Crippen molar-refractivity contribution in [3.8, 4) is 11.5 Å². The molecule has 1 aliphatic rings. The minimum atomic E-state index is -4.77. The molecular formula is C21H24F3N3O3. The van der Waals surface area contributed by atoms with E-state index in [0.29, 0.717) is 18.7 Å². The monoisotopic (exact) mass is 423 g/mol. The van der Waals surface area contributed by atoms with Gasteiger partial charge in [0, 0.05) is 50.9 Å². The first-order valence-corrected chi connectivity index (χ1v) is 9.56. The van der Waals surface area contributed by atoms with E-state index >= 15 is 0 Å². The molecule has 0 aliphatic carbocycles. The minimum absolute atomic E-state index is 0.137. The first-order valence-electron chi connectivity index (χ1n) is 9.56. The average Bonchev–Trinajstić information content (AvgIpc) is 2.72. The van der Waals surface area contributed by atoms with E-state index in [9.17, 15) is 18.0 Å². The number of rotatable bonds is 6. The number of nitrogens with zero attached hydrogens (tertiary/aromatic N) is 2. The Morgan fingerprint density at radius 3 is 2.40 bits per heavy atom. The minimum Gasteiger partial charge on any atom is -0.496 e. The molecule has 30 heavy (non-hydrogen) atoms. The van der Waals surface area contributed by atoms with Crippen LogP contribution in [0, 0.1) is 0 Å².